The molecule has 160 valence electrons. The minimum atomic E-state index is -3.69. The number of sulfonamides is 1. The lowest BCUT2D eigenvalue weighted by Gasteiger charge is -2.11. The van der Waals surface area contributed by atoms with Gasteiger partial charge in [-0.25, -0.2) is 17.7 Å². The molecule has 0 bridgehead atoms. The molecule has 30 heavy (non-hydrogen) atoms. The smallest absolute Gasteiger partial charge is 0.306 e. The second kappa shape index (κ2) is 9.23. The summed E-state index contributed by atoms with van der Waals surface area (Å²) >= 11 is 0. The van der Waals surface area contributed by atoms with Gasteiger partial charge in [0.2, 0.25) is 11.0 Å². The summed E-state index contributed by atoms with van der Waals surface area (Å²) in [6, 6.07) is 12.4. The van der Waals surface area contributed by atoms with Crippen molar-refractivity contribution in [3.8, 4) is 0 Å². The summed E-state index contributed by atoms with van der Waals surface area (Å²) in [5.41, 5.74) is 1.81. The zero-order valence-electron chi connectivity index (χ0n) is 16.8. The van der Waals surface area contributed by atoms with Crippen molar-refractivity contribution in [3.63, 3.8) is 0 Å². The molecule has 1 aliphatic heterocycles. The van der Waals surface area contributed by atoms with E-state index in [1.165, 1.54) is 31.2 Å². The van der Waals surface area contributed by atoms with Crippen molar-refractivity contribution >= 4 is 27.6 Å². The lowest BCUT2D eigenvalue weighted by Crippen LogP contribution is -2.24. The van der Waals surface area contributed by atoms with E-state index in [1.807, 2.05) is 30.3 Å². The fourth-order valence-electron chi connectivity index (χ4n) is 2.79. The van der Waals surface area contributed by atoms with Gasteiger partial charge in [-0.1, -0.05) is 30.3 Å². The van der Waals surface area contributed by atoms with Gasteiger partial charge in [0, 0.05) is 26.9 Å². The first-order valence-electron chi connectivity index (χ1n) is 9.37. The van der Waals surface area contributed by atoms with E-state index in [1.54, 1.807) is 0 Å². The third-order valence-electron chi connectivity index (χ3n) is 4.49. The van der Waals surface area contributed by atoms with E-state index in [9.17, 15) is 18.0 Å². The Bertz CT molecular complexity index is 1040. The summed E-state index contributed by atoms with van der Waals surface area (Å²) in [6.45, 7) is 0.267. The Morgan fingerprint density at radius 1 is 1.13 bits per heavy atom. The largest absolute Gasteiger partial charge is 0.457 e. The highest BCUT2D eigenvalue weighted by atomic mass is 32.2. The Labute approximate surface area is 175 Å². The zero-order valence-corrected chi connectivity index (χ0v) is 17.6. The maximum Gasteiger partial charge on any atom is 0.306 e. The molecule has 0 atom stereocenters. The fraction of sp³-hybridized carbons (Fsp3) is 0.350. The van der Waals surface area contributed by atoms with E-state index >= 15 is 0 Å². The summed E-state index contributed by atoms with van der Waals surface area (Å²) in [6.07, 6.45) is 0.536. The van der Waals surface area contributed by atoms with Crippen LogP contribution in [-0.4, -0.2) is 56.0 Å². The van der Waals surface area contributed by atoms with Crippen molar-refractivity contribution in [1.29, 1.82) is 0 Å². The van der Waals surface area contributed by atoms with Crippen LogP contribution >= 0.6 is 0 Å². The number of amides is 1. The van der Waals surface area contributed by atoms with Crippen LogP contribution in [0.5, 0.6) is 0 Å². The first kappa shape index (κ1) is 21.7. The number of esters is 1. The van der Waals surface area contributed by atoms with Crippen LogP contribution in [0.4, 0.5) is 0 Å². The van der Waals surface area contributed by atoms with Crippen molar-refractivity contribution in [2.24, 2.45) is 5.10 Å². The van der Waals surface area contributed by atoms with Crippen LogP contribution in [-0.2, 0) is 31.0 Å². The molecular formula is C20H23N3O6S. The second-order valence-electron chi connectivity index (χ2n) is 6.85. The third kappa shape index (κ3) is 5.14. The van der Waals surface area contributed by atoms with Crippen LogP contribution in [0, 0.1) is 0 Å². The molecule has 1 amide bonds. The standard InChI is InChI=1S/C20H23N3O6S/c1-22(2)30(26,27)20-11-8-16(29-20)14-28-19(25)10-9-18(24)23-13-12-17(21-23)15-6-4-3-5-7-15/h3-8,11H,9-10,12-14H2,1-2H3. The number of carbonyl (C=O) groups excluding carboxylic acids is 2. The Hall–Kier alpha value is -2.98. The molecular weight excluding hydrogens is 410 g/mol. The maximum absolute atomic E-state index is 12.3. The monoisotopic (exact) mass is 433 g/mol. The van der Waals surface area contributed by atoms with Gasteiger partial charge in [0.25, 0.3) is 10.0 Å². The van der Waals surface area contributed by atoms with Gasteiger partial charge in [0.1, 0.15) is 12.4 Å². The topological polar surface area (TPSA) is 109 Å². The molecule has 1 aromatic heterocycles. The molecule has 0 radical (unpaired) electrons. The Morgan fingerprint density at radius 2 is 1.87 bits per heavy atom. The predicted molar refractivity (Wildman–Crippen MR) is 108 cm³/mol. The summed E-state index contributed by atoms with van der Waals surface area (Å²) in [5, 5.41) is 5.49. The first-order valence-corrected chi connectivity index (χ1v) is 10.8. The number of benzene rings is 1. The number of rotatable bonds is 8. The summed E-state index contributed by atoms with van der Waals surface area (Å²) in [5.74, 6) is -0.634. The number of hydrogen-bond donors (Lipinski definition) is 0. The Morgan fingerprint density at radius 3 is 2.57 bits per heavy atom. The maximum atomic E-state index is 12.3. The number of carbonyl (C=O) groups is 2. The quantitative estimate of drug-likeness (QED) is 0.589. The van der Waals surface area contributed by atoms with Gasteiger partial charge in [0.05, 0.1) is 18.7 Å². The normalized spacial score (nSPS) is 14.1. The molecule has 10 heteroatoms. The zero-order chi connectivity index (χ0) is 21.7. The molecule has 0 saturated carbocycles. The van der Waals surface area contributed by atoms with Crippen LogP contribution < -0.4 is 0 Å². The van der Waals surface area contributed by atoms with Gasteiger partial charge in [-0.2, -0.15) is 5.10 Å². The molecule has 2 aromatic rings. The predicted octanol–water partition coefficient (Wildman–Crippen LogP) is 1.99. The molecule has 9 nitrogen and oxygen atoms in total. The van der Waals surface area contributed by atoms with Crippen LogP contribution in [0.3, 0.4) is 0 Å². The third-order valence-corrected chi connectivity index (χ3v) is 6.18. The fourth-order valence-corrected chi connectivity index (χ4v) is 3.60. The van der Waals surface area contributed by atoms with Crippen LogP contribution in [0.25, 0.3) is 0 Å². The molecule has 2 heterocycles. The number of ether oxygens (including phenoxy) is 1. The van der Waals surface area contributed by atoms with E-state index in [4.69, 9.17) is 9.15 Å². The SMILES string of the molecule is CN(C)S(=O)(=O)c1ccc(COC(=O)CCC(=O)N2CCC(c3ccccc3)=N2)o1. The van der Waals surface area contributed by atoms with Crippen molar-refractivity contribution in [3.05, 3.63) is 53.8 Å². The van der Waals surface area contributed by atoms with Crippen LogP contribution in [0.2, 0.25) is 0 Å². The summed E-state index contributed by atoms with van der Waals surface area (Å²) < 4.78 is 35.3. The van der Waals surface area contributed by atoms with Crippen molar-refractivity contribution in [2.75, 3.05) is 20.6 Å². The molecule has 3 rings (SSSR count). The minimum Gasteiger partial charge on any atom is -0.457 e. The molecule has 0 unspecified atom stereocenters. The highest BCUT2D eigenvalue weighted by molar-refractivity contribution is 7.88. The number of hydrogen-bond acceptors (Lipinski definition) is 7. The van der Waals surface area contributed by atoms with Gasteiger partial charge in [-0.05, 0) is 17.7 Å². The molecule has 0 saturated heterocycles. The van der Waals surface area contributed by atoms with Crippen molar-refractivity contribution in [1.82, 2.24) is 9.31 Å². The lowest BCUT2D eigenvalue weighted by atomic mass is 10.1. The van der Waals surface area contributed by atoms with Gasteiger partial charge in [-0.3, -0.25) is 9.59 Å². The average Bonchev–Trinajstić information content (AvgIpc) is 3.41. The van der Waals surface area contributed by atoms with E-state index in [0.29, 0.717) is 13.0 Å². The van der Waals surface area contributed by atoms with E-state index in [0.717, 1.165) is 15.6 Å². The molecule has 0 aliphatic carbocycles. The summed E-state index contributed by atoms with van der Waals surface area (Å²) in [7, 11) is -0.905. The highest BCUT2D eigenvalue weighted by Gasteiger charge is 2.23. The van der Waals surface area contributed by atoms with Crippen molar-refractivity contribution < 1.29 is 27.2 Å². The van der Waals surface area contributed by atoms with Crippen molar-refractivity contribution in [2.45, 2.75) is 31.0 Å². The van der Waals surface area contributed by atoms with Gasteiger partial charge >= 0.3 is 5.97 Å². The lowest BCUT2D eigenvalue weighted by molar-refractivity contribution is -0.147. The molecule has 1 aliphatic rings. The number of furan rings is 1. The Kier molecular flexibility index (Phi) is 6.68. The van der Waals surface area contributed by atoms with E-state index in [-0.39, 0.29) is 36.2 Å². The molecule has 0 fully saturated rings. The Balaban J connectivity index is 1.46. The van der Waals surface area contributed by atoms with Gasteiger partial charge in [-0.15, -0.1) is 0 Å². The average molecular weight is 433 g/mol. The number of hydrazone groups is 1. The van der Waals surface area contributed by atoms with Gasteiger partial charge in [0.15, 0.2) is 0 Å². The van der Waals surface area contributed by atoms with Gasteiger partial charge < -0.3 is 9.15 Å². The van der Waals surface area contributed by atoms with Crippen LogP contribution in [0.1, 0.15) is 30.6 Å². The van der Waals surface area contributed by atoms with Crippen LogP contribution in [0.15, 0.2) is 57.1 Å². The second-order valence-corrected chi connectivity index (χ2v) is 8.93. The highest BCUT2D eigenvalue weighted by Crippen LogP contribution is 2.18. The summed E-state index contributed by atoms with van der Waals surface area (Å²) in [4.78, 5) is 24.2. The minimum absolute atomic E-state index is 0.0250. The molecule has 1 aromatic carbocycles. The molecule has 0 spiro atoms. The number of nitrogens with zero attached hydrogens (tertiary/aromatic N) is 3. The molecule has 0 N–H and O–H groups in total. The van der Waals surface area contributed by atoms with E-state index < -0.39 is 16.0 Å². The van der Waals surface area contributed by atoms with E-state index in [2.05, 4.69) is 5.10 Å². The first-order chi connectivity index (χ1) is 14.3.